The van der Waals surface area contributed by atoms with Crippen LogP contribution in [-0.2, 0) is 13.2 Å². The van der Waals surface area contributed by atoms with Crippen molar-refractivity contribution in [3.05, 3.63) is 108 Å². The van der Waals surface area contributed by atoms with Crippen LogP contribution in [0.3, 0.4) is 0 Å². The molecule has 9 heteroatoms. The lowest BCUT2D eigenvalue weighted by molar-refractivity contribution is -0.176. The van der Waals surface area contributed by atoms with E-state index >= 15 is 0 Å². The molecule has 4 aliphatic rings. The van der Waals surface area contributed by atoms with Crippen LogP contribution < -0.4 is 18.9 Å². The highest BCUT2D eigenvalue weighted by Crippen LogP contribution is 2.63. The zero-order valence-corrected chi connectivity index (χ0v) is 42.0. The van der Waals surface area contributed by atoms with Crippen molar-refractivity contribution in [2.75, 3.05) is 19.8 Å². The predicted octanol–water partition coefficient (Wildman–Crippen LogP) is 13.3. The Morgan fingerprint density at radius 2 is 0.824 bits per heavy atom. The molecule has 0 aromatic heterocycles. The number of aromatic hydroxyl groups is 2. The van der Waals surface area contributed by atoms with Crippen molar-refractivity contribution in [1.82, 2.24) is 0 Å². The second-order valence-corrected chi connectivity index (χ2v) is 22.5. The Balaban J connectivity index is 0.000000257. The minimum absolute atomic E-state index is 0. The van der Waals surface area contributed by atoms with E-state index in [4.69, 9.17) is 24.1 Å². The van der Waals surface area contributed by atoms with Crippen LogP contribution in [0.2, 0.25) is 0 Å². The van der Waals surface area contributed by atoms with E-state index < -0.39 is 11.2 Å². The number of fused-ring (bicyclic) bond motifs is 2. The van der Waals surface area contributed by atoms with Gasteiger partial charge in [-0.3, -0.25) is 0 Å². The number of phenolic OH excluding ortho intramolecular Hbond substituents is 2. The van der Waals surface area contributed by atoms with Crippen LogP contribution >= 0.6 is 0 Å². The van der Waals surface area contributed by atoms with Crippen LogP contribution in [-0.4, -0.2) is 56.6 Å². The van der Waals surface area contributed by atoms with Gasteiger partial charge in [-0.1, -0.05) is 122 Å². The predicted molar refractivity (Wildman–Crippen MR) is 273 cm³/mol. The fourth-order valence-electron chi connectivity index (χ4n) is 13.3. The molecule has 4 fully saturated rings. The monoisotopic (exact) mass is 939 g/mol. The minimum atomic E-state index is -0.766. The molecular formula is C59H86O9. The normalized spacial score (nSPS) is 29.9. The second-order valence-electron chi connectivity index (χ2n) is 22.5. The Morgan fingerprint density at radius 3 is 1.19 bits per heavy atom. The van der Waals surface area contributed by atoms with Crippen molar-refractivity contribution in [1.29, 1.82) is 0 Å². The smallest absolute Gasteiger partial charge is 0.127 e. The Bertz CT molecular complexity index is 2090. The Hall–Kier alpha value is -4.44. The van der Waals surface area contributed by atoms with E-state index in [-0.39, 0.29) is 59.0 Å². The standard InChI is InChI=1S/C35H44O4.C21H32O4.C2H6O.CH4/c1-33(2)17-11-18-34(3)31(33)16-19-35(4,36)32(34)25-39-30-21-28(37-23-26-12-7-5-8-13-26)20-29(22-30)38-24-27-14-9-6-10-15-27;1-19(2)7-5-8-20(3)17(19)6-9-21(4,24)18(20)13-25-16-11-14(22)10-15(23)12-16;1-2-3;/h5-10,12-15,20-22,31-32,36H,11,16-19,23-25H2,1-4H3;10-12,17-18,22-24H,5-9,13H2,1-4H3;3H,2H2,1H3;1H4/t31-,32+,34-,35+;17-,18+,20-,21+;;/m00../s1. The number of ether oxygens (including phenoxy) is 4. The molecule has 68 heavy (non-hydrogen) atoms. The zero-order valence-electron chi connectivity index (χ0n) is 42.0. The summed E-state index contributed by atoms with van der Waals surface area (Å²) in [6.07, 6.45) is 10.9. The number of aliphatic hydroxyl groups is 3. The first kappa shape index (κ1) is 54.5. The fraction of sp³-hybridized carbons (Fsp3) is 0.593. The maximum absolute atomic E-state index is 11.6. The number of rotatable bonds is 12. The lowest BCUT2D eigenvalue weighted by atomic mass is 9.46. The molecule has 8 rings (SSSR count). The zero-order chi connectivity index (χ0) is 48.7. The summed E-state index contributed by atoms with van der Waals surface area (Å²) in [6.45, 7) is 21.9. The maximum Gasteiger partial charge on any atom is 0.127 e. The molecule has 4 saturated carbocycles. The van der Waals surface area contributed by atoms with E-state index in [0.29, 0.717) is 61.3 Å². The molecule has 0 heterocycles. The van der Waals surface area contributed by atoms with Gasteiger partial charge in [0.05, 0.1) is 24.4 Å². The van der Waals surface area contributed by atoms with Gasteiger partial charge in [0, 0.05) is 54.8 Å². The van der Waals surface area contributed by atoms with E-state index in [2.05, 4.69) is 65.8 Å². The molecular weight excluding hydrogens is 853 g/mol. The van der Waals surface area contributed by atoms with Gasteiger partial charge in [0.15, 0.2) is 0 Å². The summed E-state index contributed by atoms with van der Waals surface area (Å²) < 4.78 is 24.8. The van der Waals surface area contributed by atoms with Crippen LogP contribution in [0.1, 0.15) is 145 Å². The average molecular weight is 939 g/mol. The third-order valence-corrected chi connectivity index (χ3v) is 16.6. The molecule has 0 radical (unpaired) electrons. The fourth-order valence-corrected chi connectivity index (χ4v) is 13.3. The van der Waals surface area contributed by atoms with Crippen LogP contribution in [0, 0.1) is 45.3 Å². The first-order chi connectivity index (χ1) is 31.6. The molecule has 0 saturated heterocycles. The molecule has 4 aromatic carbocycles. The molecule has 0 bridgehead atoms. The van der Waals surface area contributed by atoms with Gasteiger partial charge in [0.1, 0.15) is 47.7 Å². The number of hydrogen-bond donors (Lipinski definition) is 5. The van der Waals surface area contributed by atoms with Crippen LogP contribution in [0.15, 0.2) is 97.1 Å². The molecule has 5 N–H and O–H groups in total. The molecule has 9 nitrogen and oxygen atoms in total. The summed E-state index contributed by atoms with van der Waals surface area (Å²) in [4.78, 5) is 0. The van der Waals surface area contributed by atoms with Crippen LogP contribution in [0.5, 0.6) is 34.5 Å². The van der Waals surface area contributed by atoms with Crippen molar-refractivity contribution in [2.45, 2.75) is 158 Å². The van der Waals surface area contributed by atoms with E-state index in [1.807, 2.05) is 68.4 Å². The molecule has 376 valence electrons. The summed E-state index contributed by atoms with van der Waals surface area (Å²) in [5.41, 5.74) is 1.32. The van der Waals surface area contributed by atoms with E-state index in [1.54, 1.807) is 6.92 Å². The van der Waals surface area contributed by atoms with E-state index in [0.717, 1.165) is 49.7 Å². The Morgan fingerprint density at radius 1 is 0.485 bits per heavy atom. The van der Waals surface area contributed by atoms with Crippen molar-refractivity contribution < 1.29 is 44.5 Å². The SMILES string of the molecule is C.CC1(C)CCC[C@]2(C)[C@@H](COc3cc(O)cc(O)c3)[C@](C)(O)CC[C@@H]12.CC1(C)CCC[C@]2(C)[C@@H](COc3cc(OCc4ccccc4)cc(OCc4ccccc4)c3)[C@](C)(O)CC[C@@H]12.CCO. The van der Waals surface area contributed by atoms with Crippen LogP contribution in [0.4, 0.5) is 0 Å². The number of aliphatic hydroxyl groups excluding tert-OH is 1. The summed E-state index contributed by atoms with van der Waals surface area (Å²) in [5, 5.41) is 49.6. The highest BCUT2D eigenvalue weighted by atomic mass is 16.5. The van der Waals surface area contributed by atoms with Crippen molar-refractivity contribution in [3.63, 3.8) is 0 Å². The van der Waals surface area contributed by atoms with E-state index in [9.17, 15) is 20.4 Å². The lowest BCUT2D eigenvalue weighted by Crippen LogP contribution is -2.59. The number of hydrogen-bond acceptors (Lipinski definition) is 9. The molecule has 0 aliphatic heterocycles. The van der Waals surface area contributed by atoms with Crippen molar-refractivity contribution in [2.24, 2.45) is 45.3 Å². The summed E-state index contributed by atoms with van der Waals surface area (Å²) in [6, 6.07) is 30.4. The quantitative estimate of drug-likeness (QED) is 0.0940. The minimum Gasteiger partial charge on any atom is -0.508 e. The Kier molecular flexibility index (Phi) is 18.1. The molecule has 0 unspecified atom stereocenters. The summed E-state index contributed by atoms with van der Waals surface area (Å²) >= 11 is 0. The maximum atomic E-state index is 11.6. The number of benzene rings is 4. The summed E-state index contributed by atoms with van der Waals surface area (Å²) in [7, 11) is 0. The molecule has 8 atom stereocenters. The average Bonchev–Trinajstić information content (AvgIpc) is 3.24. The largest absolute Gasteiger partial charge is 0.508 e. The number of phenols is 2. The van der Waals surface area contributed by atoms with Gasteiger partial charge in [0.25, 0.3) is 0 Å². The highest BCUT2D eigenvalue weighted by molar-refractivity contribution is 5.43. The van der Waals surface area contributed by atoms with Gasteiger partial charge in [-0.05, 0) is 117 Å². The van der Waals surface area contributed by atoms with Gasteiger partial charge >= 0.3 is 0 Å². The first-order valence-electron chi connectivity index (χ1n) is 24.9. The van der Waals surface area contributed by atoms with Gasteiger partial charge in [-0.15, -0.1) is 0 Å². The van der Waals surface area contributed by atoms with Crippen molar-refractivity contribution >= 4 is 0 Å². The third kappa shape index (κ3) is 13.0. The van der Waals surface area contributed by atoms with Crippen LogP contribution in [0.25, 0.3) is 0 Å². The Labute approximate surface area is 409 Å². The molecule has 4 aliphatic carbocycles. The highest BCUT2D eigenvalue weighted by Gasteiger charge is 2.59. The first-order valence-corrected chi connectivity index (χ1v) is 24.9. The molecule has 0 spiro atoms. The third-order valence-electron chi connectivity index (χ3n) is 16.6. The lowest BCUT2D eigenvalue weighted by Gasteiger charge is -2.61. The molecule has 4 aromatic rings. The van der Waals surface area contributed by atoms with E-state index in [1.165, 1.54) is 43.9 Å². The second kappa shape index (κ2) is 22.5. The van der Waals surface area contributed by atoms with Gasteiger partial charge in [-0.25, -0.2) is 0 Å². The molecule has 0 amide bonds. The van der Waals surface area contributed by atoms with Crippen molar-refractivity contribution in [3.8, 4) is 34.5 Å². The van der Waals surface area contributed by atoms with Gasteiger partial charge in [-0.2, -0.15) is 0 Å². The van der Waals surface area contributed by atoms with Gasteiger partial charge in [0.2, 0.25) is 0 Å². The summed E-state index contributed by atoms with van der Waals surface area (Å²) in [5.74, 6) is 3.73. The topological polar surface area (TPSA) is 138 Å². The van der Waals surface area contributed by atoms with Gasteiger partial charge < -0.3 is 44.5 Å².